The molecule has 0 radical (unpaired) electrons. The maximum atomic E-state index is 12.6. The number of hydrogen-bond acceptors (Lipinski definition) is 6. The predicted molar refractivity (Wildman–Crippen MR) is 113 cm³/mol. The lowest BCUT2D eigenvalue weighted by Crippen LogP contribution is -2.36. The third kappa shape index (κ3) is 4.63. The minimum atomic E-state index is -3.47. The molecule has 2 fully saturated rings. The second-order valence-corrected chi connectivity index (χ2v) is 9.38. The van der Waals surface area contributed by atoms with Crippen LogP contribution in [0.2, 0.25) is 0 Å². The van der Waals surface area contributed by atoms with E-state index in [-0.39, 0.29) is 10.8 Å². The molecule has 3 heterocycles. The van der Waals surface area contributed by atoms with Gasteiger partial charge in [0.15, 0.2) is 0 Å². The Hall–Kier alpha value is -2.49. The molecule has 9 heteroatoms. The fourth-order valence-corrected chi connectivity index (χ4v) is 5.19. The number of pyridine rings is 1. The zero-order chi connectivity index (χ0) is 21.0. The number of nitrogens with one attached hydrogen (secondary N) is 1. The largest absolute Gasteiger partial charge is 0.378 e. The first-order valence-electron chi connectivity index (χ1n) is 10.2. The third-order valence-corrected chi connectivity index (χ3v) is 7.33. The number of nitrogens with zero attached hydrogens (tertiary/aromatic N) is 3. The Morgan fingerprint density at radius 2 is 1.73 bits per heavy atom. The van der Waals surface area contributed by atoms with Gasteiger partial charge in [0.1, 0.15) is 5.82 Å². The van der Waals surface area contributed by atoms with E-state index in [0.29, 0.717) is 38.4 Å². The van der Waals surface area contributed by atoms with E-state index in [1.165, 1.54) is 16.4 Å². The van der Waals surface area contributed by atoms with Crippen molar-refractivity contribution >= 4 is 21.7 Å². The Kier molecular flexibility index (Phi) is 6.31. The summed E-state index contributed by atoms with van der Waals surface area (Å²) < 4.78 is 32.1. The third-order valence-electron chi connectivity index (χ3n) is 5.42. The standard InChI is InChI=1S/C21H26N4O4S/c26-21(18-3-5-19(6-4-18)30(27,28)25-9-1-2-10-25)23-16-17-7-8-22-20(15-17)24-11-13-29-14-12-24/h3-8,15H,1-2,9-14,16H2,(H,23,26). The van der Waals surface area contributed by atoms with Crippen LogP contribution in [0, 0.1) is 0 Å². The molecule has 30 heavy (non-hydrogen) atoms. The minimum absolute atomic E-state index is 0.227. The van der Waals surface area contributed by atoms with Gasteiger partial charge in [-0.2, -0.15) is 4.31 Å². The van der Waals surface area contributed by atoms with Crippen molar-refractivity contribution in [1.82, 2.24) is 14.6 Å². The van der Waals surface area contributed by atoms with Gasteiger partial charge in [0, 0.05) is 44.5 Å². The van der Waals surface area contributed by atoms with Crippen LogP contribution in [0.25, 0.3) is 0 Å². The first-order chi connectivity index (χ1) is 14.5. The molecule has 1 amide bonds. The average Bonchev–Trinajstić information content (AvgIpc) is 3.34. The number of carbonyl (C=O) groups is 1. The number of aromatic nitrogens is 1. The monoisotopic (exact) mass is 430 g/mol. The molecule has 1 N–H and O–H groups in total. The van der Waals surface area contributed by atoms with Gasteiger partial charge in [-0.3, -0.25) is 4.79 Å². The first-order valence-corrected chi connectivity index (χ1v) is 11.6. The number of benzene rings is 1. The van der Waals surface area contributed by atoms with Crippen LogP contribution < -0.4 is 10.2 Å². The summed E-state index contributed by atoms with van der Waals surface area (Å²) >= 11 is 0. The van der Waals surface area contributed by atoms with E-state index in [1.807, 2.05) is 12.1 Å². The number of sulfonamides is 1. The molecule has 0 saturated carbocycles. The van der Waals surface area contributed by atoms with Gasteiger partial charge < -0.3 is 15.0 Å². The highest BCUT2D eigenvalue weighted by atomic mass is 32.2. The van der Waals surface area contributed by atoms with Crippen LogP contribution >= 0.6 is 0 Å². The quantitative estimate of drug-likeness (QED) is 0.749. The topological polar surface area (TPSA) is 91.8 Å². The Labute approximate surface area is 176 Å². The van der Waals surface area contributed by atoms with E-state index in [2.05, 4.69) is 15.2 Å². The van der Waals surface area contributed by atoms with Gasteiger partial charge in [0.25, 0.3) is 5.91 Å². The van der Waals surface area contributed by atoms with Crippen LogP contribution in [-0.4, -0.2) is 63.0 Å². The molecule has 4 rings (SSSR count). The van der Waals surface area contributed by atoms with Crippen molar-refractivity contribution in [3.05, 3.63) is 53.7 Å². The van der Waals surface area contributed by atoms with E-state index >= 15 is 0 Å². The molecule has 0 bridgehead atoms. The number of amides is 1. The number of anilines is 1. The maximum Gasteiger partial charge on any atom is 0.251 e. The number of hydrogen-bond donors (Lipinski definition) is 1. The Morgan fingerprint density at radius 3 is 2.43 bits per heavy atom. The Balaban J connectivity index is 1.37. The highest BCUT2D eigenvalue weighted by Gasteiger charge is 2.27. The lowest BCUT2D eigenvalue weighted by atomic mass is 10.2. The normalized spacial score (nSPS) is 17.8. The van der Waals surface area contributed by atoms with Crippen LogP contribution in [0.3, 0.4) is 0 Å². The molecular weight excluding hydrogens is 404 g/mol. The average molecular weight is 431 g/mol. The van der Waals surface area contributed by atoms with Crippen molar-refractivity contribution in [2.75, 3.05) is 44.3 Å². The SMILES string of the molecule is O=C(NCc1ccnc(N2CCOCC2)c1)c1ccc(S(=O)(=O)N2CCCC2)cc1. The van der Waals surface area contributed by atoms with Gasteiger partial charge in [-0.05, 0) is 54.8 Å². The Morgan fingerprint density at radius 1 is 1.03 bits per heavy atom. The van der Waals surface area contributed by atoms with Crippen LogP contribution in [0.4, 0.5) is 5.82 Å². The second-order valence-electron chi connectivity index (χ2n) is 7.44. The van der Waals surface area contributed by atoms with Gasteiger partial charge in [-0.1, -0.05) is 0 Å². The van der Waals surface area contributed by atoms with E-state index < -0.39 is 10.0 Å². The van der Waals surface area contributed by atoms with Gasteiger partial charge in [-0.25, -0.2) is 13.4 Å². The summed E-state index contributed by atoms with van der Waals surface area (Å²) in [6, 6.07) is 9.97. The fourth-order valence-electron chi connectivity index (χ4n) is 3.68. The summed E-state index contributed by atoms with van der Waals surface area (Å²) in [6.07, 6.45) is 3.52. The zero-order valence-electron chi connectivity index (χ0n) is 16.8. The number of ether oxygens (including phenoxy) is 1. The lowest BCUT2D eigenvalue weighted by Gasteiger charge is -2.28. The molecule has 0 aliphatic carbocycles. The highest BCUT2D eigenvalue weighted by molar-refractivity contribution is 7.89. The van der Waals surface area contributed by atoms with Crippen LogP contribution in [0.1, 0.15) is 28.8 Å². The van der Waals surface area contributed by atoms with Crippen LogP contribution in [-0.2, 0) is 21.3 Å². The molecule has 0 spiro atoms. The Bertz CT molecular complexity index is 982. The molecule has 0 unspecified atom stereocenters. The molecule has 1 aromatic carbocycles. The number of rotatable bonds is 6. The summed E-state index contributed by atoms with van der Waals surface area (Å²) in [4.78, 5) is 19.3. The summed E-state index contributed by atoms with van der Waals surface area (Å²) in [7, 11) is -3.47. The molecule has 160 valence electrons. The van der Waals surface area contributed by atoms with E-state index in [1.54, 1.807) is 18.3 Å². The molecule has 2 aliphatic rings. The molecule has 8 nitrogen and oxygen atoms in total. The van der Waals surface area contributed by atoms with Crippen molar-refractivity contribution in [1.29, 1.82) is 0 Å². The zero-order valence-corrected chi connectivity index (χ0v) is 17.6. The maximum absolute atomic E-state index is 12.6. The summed E-state index contributed by atoms with van der Waals surface area (Å²) in [5.74, 6) is 0.631. The van der Waals surface area contributed by atoms with Crippen LogP contribution in [0.5, 0.6) is 0 Å². The first kappa shape index (κ1) is 20.8. The predicted octanol–water partition coefficient (Wildman–Crippen LogP) is 1.63. The highest BCUT2D eigenvalue weighted by Crippen LogP contribution is 2.21. The molecule has 2 aromatic rings. The summed E-state index contributed by atoms with van der Waals surface area (Å²) in [6.45, 7) is 4.46. The summed E-state index contributed by atoms with van der Waals surface area (Å²) in [5.41, 5.74) is 1.38. The van der Waals surface area contributed by atoms with E-state index in [4.69, 9.17) is 4.74 Å². The fraction of sp³-hybridized carbons (Fsp3) is 0.429. The van der Waals surface area contributed by atoms with Gasteiger partial charge >= 0.3 is 0 Å². The van der Waals surface area contributed by atoms with Gasteiger partial charge in [0.05, 0.1) is 18.1 Å². The van der Waals surface area contributed by atoms with E-state index in [0.717, 1.165) is 37.3 Å². The second kappa shape index (κ2) is 9.11. The molecule has 0 atom stereocenters. The molecule has 2 aliphatic heterocycles. The van der Waals surface area contributed by atoms with Gasteiger partial charge in [0.2, 0.25) is 10.0 Å². The van der Waals surface area contributed by atoms with Crippen molar-refractivity contribution in [3.8, 4) is 0 Å². The van der Waals surface area contributed by atoms with Crippen molar-refractivity contribution in [2.45, 2.75) is 24.3 Å². The minimum Gasteiger partial charge on any atom is -0.378 e. The summed E-state index contributed by atoms with van der Waals surface area (Å²) in [5, 5.41) is 2.89. The lowest BCUT2D eigenvalue weighted by molar-refractivity contribution is 0.0951. The molecule has 1 aromatic heterocycles. The molecule has 2 saturated heterocycles. The van der Waals surface area contributed by atoms with Crippen LogP contribution in [0.15, 0.2) is 47.5 Å². The number of carbonyl (C=O) groups excluding carboxylic acids is 1. The van der Waals surface area contributed by atoms with Crippen molar-refractivity contribution in [3.63, 3.8) is 0 Å². The smallest absolute Gasteiger partial charge is 0.251 e. The van der Waals surface area contributed by atoms with Gasteiger partial charge in [-0.15, -0.1) is 0 Å². The van der Waals surface area contributed by atoms with Crippen molar-refractivity contribution in [2.24, 2.45) is 0 Å². The van der Waals surface area contributed by atoms with Crippen molar-refractivity contribution < 1.29 is 17.9 Å². The van der Waals surface area contributed by atoms with E-state index in [9.17, 15) is 13.2 Å². The number of morpholine rings is 1. The molecular formula is C21H26N4O4S.